The predicted molar refractivity (Wildman–Crippen MR) is 59.4 cm³/mol. The Morgan fingerprint density at radius 3 is 3.00 bits per heavy atom. The number of likely N-dealkylation sites (tertiary alicyclic amines) is 1. The van der Waals surface area contributed by atoms with Gasteiger partial charge in [0.25, 0.3) is 0 Å². The number of nitrogens with zero attached hydrogens (tertiary/aromatic N) is 1. The summed E-state index contributed by atoms with van der Waals surface area (Å²) in [6, 6.07) is 0. The van der Waals surface area contributed by atoms with Crippen LogP contribution in [0.5, 0.6) is 0 Å². The molecule has 1 amide bonds. The van der Waals surface area contributed by atoms with E-state index in [-0.39, 0.29) is 5.91 Å². The Bertz CT molecular complexity index is 209. The van der Waals surface area contributed by atoms with Gasteiger partial charge in [0.15, 0.2) is 0 Å². The monoisotopic (exact) mass is 214 g/mol. The van der Waals surface area contributed by atoms with Crippen molar-refractivity contribution in [3.8, 4) is 0 Å². The third-order valence-corrected chi connectivity index (χ3v) is 2.97. The number of ether oxygens (including phenoxy) is 1. The average molecular weight is 214 g/mol. The molecular weight excluding hydrogens is 192 g/mol. The van der Waals surface area contributed by atoms with E-state index in [9.17, 15) is 4.79 Å². The second kappa shape index (κ2) is 6.08. The maximum absolute atomic E-state index is 11.8. The molecule has 0 aromatic heterocycles. The first-order chi connectivity index (χ1) is 7.17. The summed E-state index contributed by atoms with van der Waals surface area (Å²) in [4.78, 5) is 13.7. The molecule has 88 valence electrons. The van der Waals surface area contributed by atoms with Crippen molar-refractivity contribution in [2.45, 2.75) is 19.8 Å². The summed E-state index contributed by atoms with van der Waals surface area (Å²) < 4.78 is 5.10. The van der Waals surface area contributed by atoms with Gasteiger partial charge in [-0.2, -0.15) is 0 Å². The van der Waals surface area contributed by atoms with Crippen LogP contribution in [0.15, 0.2) is 0 Å². The van der Waals surface area contributed by atoms with Gasteiger partial charge >= 0.3 is 0 Å². The smallest absolute Gasteiger partial charge is 0.222 e. The molecule has 4 nitrogen and oxygen atoms in total. The number of carbonyl (C=O) groups is 1. The van der Waals surface area contributed by atoms with E-state index < -0.39 is 0 Å². The average Bonchev–Trinajstić information content (AvgIpc) is 2.67. The van der Waals surface area contributed by atoms with Gasteiger partial charge in [0.2, 0.25) is 5.91 Å². The lowest BCUT2D eigenvalue weighted by atomic mass is 10.1. The van der Waals surface area contributed by atoms with Gasteiger partial charge in [0.05, 0.1) is 6.61 Å². The van der Waals surface area contributed by atoms with Gasteiger partial charge in [0.1, 0.15) is 0 Å². The normalized spacial score (nSPS) is 23.1. The van der Waals surface area contributed by atoms with Crippen LogP contribution in [0.4, 0.5) is 0 Å². The minimum absolute atomic E-state index is 0.242. The van der Waals surface area contributed by atoms with Crippen LogP contribution in [0.3, 0.4) is 0 Å². The number of methoxy groups -OCH3 is 1. The molecule has 1 rings (SSSR count). The van der Waals surface area contributed by atoms with Crippen LogP contribution in [0.2, 0.25) is 0 Å². The van der Waals surface area contributed by atoms with Crippen molar-refractivity contribution < 1.29 is 9.53 Å². The molecule has 1 heterocycles. The molecule has 0 radical (unpaired) electrons. The molecule has 2 N–H and O–H groups in total. The lowest BCUT2D eigenvalue weighted by molar-refractivity contribution is -0.131. The zero-order valence-corrected chi connectivity index (χ0v) is 9.74. The van der Waals surface area contributed by atoms with Gasteiger partial charge in [-0.05, 0) is 18.9 Å². The van der Waals surface area contributed by atoms with Crippen LogP contribution in [-0.2, 0) is 9.53 Å². The number of hydrogen-bond acceptors (Lipinski definition) is 3. The summed E-state index contributed by atoms with van der Waals surface area (Å²) in [7, 11) is 1.71. The number of amides is 1. The van der Waals surface area contributed by atoms with E-state index in [2.05, 4.69) is 0 Å². The zero-order chi connectivity index (χ0) is 11.3. The van der Waals surface area contributed by atoms with Gasteiger partial charge in [-0.25, -0.2) is 0 Å². The fraction of sp³-hybridized carbons (Fsp3) is 0.909. The maximum Gasteiger partial charge on any atom is 0.222 e. The summed E-state index contributed by atoms with van der Waals surface area (Å²) in [5.41, 5.74) is 5.50. The molecule has 0 spiro atoms. The van der Waals surface area contributed by atoms with Crippen LogP contribution in [0, 0.1) is 11.8 Å². The molecule has 15 heavy (non-hydrogen) atoms. The van der Waals surface area contributed by atoms with Gasteiger partial charge < -0.3 is 15.4 Å². The molecule has 0 bridgehead atoms. The highest BCUT2D eigenvalue weighted by Crippen LogP contribution is 2.18. The second-order valence-corrected chi connectivity index (χ2v) is 4.49. The third kappa shape index (κ3) is 3.80. The first-order valence-corrected chi connectivity index (χ1v) is 5.64. The molecule has 0 aromatic rings. The van der Waals surface area contributed by atoms with Crippen LogP contribution in [-0.4, -0.2) is 44.2 Å². The summed E-state index contributed by atoms with van der Waals surface area (Å²) in [5, 5.41) is 0. The number of nitrogens with two attached hydrogens (primary N) is 1. The highest BCUT2D eigenvalue weighted by atomic mass is 16.5. The maximum atomic E-state index is 11.8. The van der Waals surface area contributed by atoms with Crippen LogP contribution in [0.1, 0.15) is 19.8 Å². The molecule has 1 fully saturated rings. The fourth-order valence-corrected chi connectivity index (χ4v) is 1.94. The number of hydrogen-bond donors (Lipinski definition) is 1. The van der Waals surface area contributed by atoms with E-state index in [1.807, 2.05) is 11.8 Å². The van der Waals surface area contributed by atoms with E-state index in [1.165, 1.54) is 0 Å². The Morgan fingerprint density at radius 1 is 1.67 bits per heavy atom. The van der Waals surface area contributed by atoms with Crippen molar-refractivity contribution in [2.75, 3.05) is 33.4 Å². The highest BCUT2D eigenvalue weighted by molar-refractivity contribution is 5.76. The van der Waals surface area contributed by atoms with Crippen molar-refractivity contribution in [2.24, 2.45) is 17.6 Å². The zero-order valence-electron chi connectivity index (χ0n) is 9.74. The van der Waals surface area contributed by atoms with Gasteiger partial charge in [-0.3, -0.25) is 4.79 Å². The van der Waals surface area contributed by atoms with Gasteiger partial charge in [-0.15, -0.1) is 0 Å². The largest absolute Gasteiger partial charge is 0.384 e. The SMILES string of the molecule is COCC1CCN(C(=O)CC(C)CN)C1. The second-order valence-electron chi connectivity index (χ2n) is 4.49. The lowest BCUT2D eigenvalue weighted by Crippen LogP contribution is -2.31. The first-order valence-electron chi connectivity index (χ1n) is 5.64. The third-order valence-electron chi connectivity index (χ3n) is 2.97. The van der Waals surface area contributed by atoms with Crippen molar-refractivity contribution in [3.05, 3.63) is 0 Å². The molecule has 1 aliphatic rings. The Labute approximate surface area is 91.8 Å². The Balaban J connectivity index is 2.30. The summed E-state index contributed by atoms with van der Waals surface area (Å²) in [6.07, 6.45) is 1.65. The van der Waals surface area contributed by atoms with Crippen molar-refractivity contribution >= 4 is 5.91 Å². The first kappa shape index (κ1) is 12.5. The quantitative estimate of drug-likeness (QED) is 0.723. The fourth-order valence-electron chi connectivity index (χ4n) is 1.94. The molecule has 2 atom stereocenters. The van der Waals surface area contributed by atoms with Crippen molar-refractivity contribution in [1.29, 1.82) is 0 Å². The molecule has 1 saturated heterocycles. The minimum atomic E-state index is 0.242. The molecule has 1 aliphatic heterocycles. The summed E-state index contributed by atoms with van der Waals surface area (Å²) in [5.74, 6) is 1.05. The summed E-state index contributed by atoms with van der Waals surface area (Å²) >= 11 is 0. The molecular formula is C11H22N2O2. The molecule has 2 unspecified atom stereocenters. The van der Waals surface area contributed by atoms with E-state index in [4.69, 9.17) is 10.5 Å². The van der Waals surface area contributed by atoms with Gasteiger partial charge in [-0.1, -0.05) is 6.92 Å². The van der Waals surface area contributed by atoms with Crippen molar-refractivity contribution in [3.63, 3.8) is 0 Å². The standard InChI is InChI=1S/C11H22N2O2/c1-9(6-12)5-11(14)13-4-3-10(7-13)8-15-2/h9-10H,3-8,12H2,1-2H3. The molecule has 0 saturated carbocycles. The number of rotatable bonds is 5. The van der Waals surface area contributed by atoms with E-state index in [0.29, 0.717) is 24.8 Å². The van der Waals surface area contributed by atoms with E-state index in [1.54, 1.807) is 7.11 Å². The topological polar surface area (TPSA) is 55.6 Å². The Kier molecular flexibility index (Phi) is 5.05. The minimum Gasteiger partial charge on any atom is -0.384 e. The van der Waals surface area contributed by atoms with Crippen LogP contribution in [0.25, 0.3) is 0 Å². The van der Waals surface area contributed by atoms with E-state index in [0.717, 1.165) is 26.1 Å². The Hall–Kier alpha value is -0.610. The van der Waals surface area contributed by atoms with Crippen molar-refractivity contribution in [1.82, 2.24) is 4.90 Å². The molecule has 0 aromatic carbocycles. The summed E-state index contributed by atoms with van der Waals surface area (Å²) in [6.45, 7) is 5.09. The predicted octanol–water partition coefficient (Wildman–Crippen LogP) is 0.466. The highest BCUT2D eigenvalue weighted by Gasteiger charge is 2.26. The molecule has 4 heteroatoms. The van der Waals surface area contributed by atoms with E-state index >= 15 is 0 Å². The number of carbonyl (C=O) groups excluding carboxylic acids is 1. The van der Waals surface area contributed by atoms with Gasteiger partial charge in [0, 0.05) is 32.5 Å². The van der Waals surface area contributed by atoms with Crippen LogP contribution < -0.4 is 5.73 Å². The molecule has 0 aliphatic carbocycles. The Morgan fingerprint density at radius 2 is 2.40 bits per heavy atom. The lowest BCUT2D eigenvalue weighted by Gasteiger charge is -2.18. The van der Waals surface area contributed by atoms with Crippen LogP contribution >= 0.6 is 0 Å².